The van der Waals surface area contributed by atoms with Crippen molar-refractivity contribution in [3.05, 3.63) is 59.8 Å². The van der Waals surface area contributed by atoms with Gasteiger partial charge in [0.15, 0.2) is 5.96 Å². The van der Waals surface area contributed by atoms with E-state index in [1.165, 1.54) is 5.56 Å². The van der Waals surface area contributed by atoms with Crippen LogP contribution in [0.1, 0.15) is 30.4 Å². The summed E-state index contributed by atoms with van der Waals surface area (Å²) in [5, 5.41) is 3.46. The molecular formula is C20H27IN4O. The van der Waals surface area contributed by atoms with E-state index in [0.717, 1.165) is 31.0 Å². The van der Waals surface area contributed by atoms with Crippen molar-refractivity contribution in [1.29, 1.82) is 0 Å². The highest BCUT2D eigenvalue weighted by atomic mass is 127. The third-order valence-corrected chi connectivity index (χ3v) is 4.51. The summed E-state index contributed by atoms with van der Waals surface area (Å²) in [5.74, 6) is 2.19. The Labute approximate surface area is 172 Å². The van der Waals surface area contributed by atoms with Gasteiger partial charge in [-0.1, -0.05) is 30.3 Å². The minimum Gasteiger partial charge on any atom is -0.478 e. The normalized spacial score (nSPS) is 16.9. The van der Waals surface area contributed by atoms with Gasteiger partial charge in [-0.25, -0.2) is 4.98 Å². The van der Waals surface area contributed by atoms with Crippen LogP contribution in [-0.4, -0.2) is 42.6 Å². The second kappa shape index (κ2) is 10.4. The zero-order valence-electron chi connectivity index (χ0n) is 15.4. The van der Waals surface area contributed by atoms with Crippen LogP contribution in [0.3, 0.4) is 0 Å². The molecule has 1 fully saturated rings. The van der Waals surface area contributed by atoms with Gasteiger partial charge in [-0.15, -0.1) is 24.0 Å². The third-order valence-electron chi connectivity index (χ3n) is 4.51. The lowest BCUT2D eigenvalue weighted by molar-refractivity contribution is 0.326. The maximum Gasteiger partial charge on any atom is 0.213 e. The fourth-order valence-corrected chi connectivity index (χ4v) is 3.25. The van der Waals surface area contributed by atoms with E-state index in [2.05, 4.69) is 50.5 Å². The van der Waals surface area contributed by atoms with Gasteiger partial charge in [0.05, 0.1) is 6.61 Å². The van der Waals surface area contributed by atoms with Crippen molar-refractivity contribution < 1.29 is 4.74 Å². The van der Waals surface area contributed by atoms with Crippen LogP contribution >= 0.6 is 24.0 Å². The van der Waals surface area contributed by atoms with Crippen molar-refractivity contribution in [1.82, 2.24) is 15.2 Å². The van der Waals surface area contributed by atoms with Crippen LogP contribution in [-0.2, 0) is 6.54 Å². The molecule has 1 aromatic heterocycles. The van der Waals surface area contributed by atoms with E-state index in [-0.39, 0.29) is 24.0 Å². The predicted octanol–water partition coefficient (Wildman–Crippen LogP) is 3.66. The Morgan fingerprint density at radius 1 is 1.31 bits per heavy atom. The Bertz CT molecular complexity index is 708. The topological polar surface area (TPSA) is 49.8 Å². The number of halogens is 1. The summed E-state index contributed by atoms with van der Waals surface area (Å²) in [6.45, 7) is 5.33. The van der Waals surface area contributed by atoms with Crippen molar-refractivity contribution in [3.63, 3.8) is 0 Å². The average molecular weight is 466 g/mol. The summed E-state index contributed by atoms with van der Waals surface area (Å²) in [4.78, 5) is 11.0. The van der Waals surface area contributed by atoms with E-state index in [4.69, 9.17) is 4.74 Å². The van der Waals surface area contributed by atoms with Crippen molar-refractivity contribution >= 4 is 29.9 Å². The summed E-state index contributed by atoms with van der Waals surface area (Å²) < 4.78 is 5.46. The van der Waals surface area contributed by atoms with Gasteiger partial charge >= 0.3 is 0 Å². The molecule has 0 spiro atoms. The molecular weight excluding hydrogens is 439 g/mol. The third kappa shape index (κ3) is 5.33. The van der Waals surface area contributed by atoms with Crippen LogP contribution in [0.2, 0.25) is 0 Å². The Morgan fingerprint density at radius 3 is 2.85 bits per heavy atom. The highest BCUT2D eigenvalue weighted by Crippen LogP contribution is 2.26. The Balaban J connectivity index is 0.00000243. The SMILES string of the molecule is CCOc1cc(CNC(=NC)N2CCC(c3ccccc3)C2)ccn1.I. The second-order valence-electron chi connectivity index (χ2n) is 6.18. The fraction of sp³-hybridized carbons (Fsp3) is 0.400. The molecule has 6 heteroatoms. The second-order valence-corrected chi connectivity index (χ2v) is 6.18. The molecule has 0 amide bonds. The minimum absolute atomic E-state index is 0. The molecule has 2 aromatic rings. The summed E-state index contributed by atoms with van der Waals surface area (Å²) in [5.41, 5.74) is 2.55. The van der Waals surface area contributed by atoms with Crippen LogP contribution in [0.15, 0.2) is 53.7 Å². The molecule has 1 saturated heterocycles. The molecule has 1 N–H and O–H groups in total. The van der Waals surface area contributed by atoms with Gasteiger partial charge < -0.3 is 15.0 Å². The van der Waals surface area contributed by atoms with E-state index in [1.807, 2.05) is 26.1 Å². The van der Waals surface area contributed by atoms with Gasteiger partial charge in [0.1, 0.15) is 0 Å². The number of aliphatic imine (C=N–C) groups is 1. The van der Waals surface area contributed by atoms with Crippen LogP contribution < -0.4 is 10.1 Å². The number of pyridine rings is 1. The number of guanidine groups is 1. The number of ether oxygens (including phenoxy) is 1. The van der Waals surface area contributed by atoms with Gasteiger partial charge in [-0.2, -0.15) is 0 Å². The Hall–Kier alpha value is -1.83. The molecule has 3 rings (SSSR count). The first-order valence-electron chi connectivity index (χ1n) is 8.88. The number of aromatic nitrogens is 1. The van der Waals surface area contributed by atoms with Gasteiger partial charge in [-0.3, -0.25) is 4.99 Å². The highest BCUT2D eigenvalue weighted by Gasteiger charge is 2.25. The Kier molecular flexibility index (Phi) is 8.15. The summed E-state index contributed by atoms with van der Waals surface area (Å²) in [6.07, 6.45) is 2.94. The molecule has 1 aliphatic heterocycles. The van der Waals surface area contributed by atoms with Crippen LogP contribution in [0.25, 0.3) is 0 Å². The number of hydrogen-bond donors (Lipinski definition) is 1. The molecule has 0 bridgehead atoms. The molecule has 1 atom stereocenters. The van der Waals surface area contributed by atoms with Gasteiger partial charge in [0.2, 0.25) is 5.88 Å². The monoisotopic (exact) mass is 466 g/mol. The first kappa shape index (κ1) is 20.5. The lowest BCUT2D eigenvalue weighted by Crippen LogP contribution is -2.39. The maximum absolute atomic E-state index is 5.46. The van der Waals surface area contributed by atoms with E-state index in [0.29, 0.717) is 24.9 Å². The van der Waals surface area contributed by atoms with Gasteiger partial charge in [0, 0.05) is 44.9 Å². The predicted molar refractivity (Wildman–Crippen MR) is 116 cm³/mol. The zero-order valence-corrected chi connectivity index (χ0v) is 17.7. The quantitative estimate of drug-likeness (QED) is 0.415. The highest BCUT2D eigenvalue weighted by molar-refractivity contribution is 14.0. The zero-order chi connectivity index (χ0) is 17.5. The van der Waals surface area contributed by atoms with E-state index < -0.39 is 0 Å². The first-order chi connectivity index (χ1) is 12.3. The largest absolute Gasteiger partial charge is 0.478 e. The summed E-state index contributed by atoms with van der Waals surface area (Å²) in [7, 11) is 1.84. The number of hydrogen-bond acceptors (Lipinski definition) is 3. The molecule has 26 heavy (non-hydrogen) atoms. The number of benzene rings is 1. The van der Waals surface area contributed by atoms with Gasteiger partial charge in [-0.05, 0) is 30.5 Å². The van der Waals surface area contributed by atoms with Crippen LogP contribution in [0.4, 0.5) is 0 Å². The van der Waals surface area contributed by atoms with E-state index in [9.17, 15) is 0 Å². The van der Waals surface area contributed by atoms with Crippen LogP contribution in [0.5, 0.6) is 5.88 Å². The van der Waals surface area contributed by atoms with Crippen molar-refractivity contribution in [2.75, 3.05) is 26.7 Å². The van der Waals surface area contributed by atoms with E-state index >= 15 is 0 Å². The molecule has 140 valence electrons. The number of rotatable bonds is 5. The number of nitrogens with zero attached hydrogens (tertiary/aromatic N) is 3. The molecule has 5 nitrogen and oxygen atoms in total. The number of nitrogens with one attached hydrogen (secondary N) is 1. The molecule has 0 saturated carbocycles. The molecule has 1 aliphatic rings. The van der Waals surface area contributed by atoms with Crippen molar-refractivity contribution in [3.8, 4) is 5.88 Å². The standard InChI is InChI=1S/C20H26N4O.HI/c1-3-25-19-13-16(9-11-22-19)14-23-20(21-2)24-12-10-18(15-24)17-7-5-4-6-8-17;/h4-9,11,13,18H,3,10,12,14-15H2,1-2H3,(H,21,23);1H. The fourth-order valence-electron chi connectivity index (χ4n) is 3.25. The van der Waals surface area contributed by atoms with E-state index in [1.54, 1.807) is 6.20 Å². The van der Waals surface area contributed by atoms with Crippen LogP contribution in [0, 0.1) is 0 Å². The van der Waals surface area contributed by atoms with Crippen molar-refractivity contribution in [2.45, 2.75) is 25.8 Å². The lowest BCUT2D eigenvalue weighted by Gasteiger charge is -2.22. The molecule has 1 aromatic carbocycles. The van der Waals surface area contributed by atoms with Gasteiger partial charge in [0.25, 0.3) is 0 Å². The first-order valence-corrected chi connectivity index (χ1v) is 8.88. The lowest BCUT2D eigenvalue weighted by atomic mass is 9.99. The molecule has 2 heterocycles. The Morgan fingerprint density at radius 2 is 2.12 bits per heavy atom. The van der Waals surface area contributed by atoms with Crippen molar-refractivity contribution in [2.24, 2.45) is 4.99 Å². The summed E-state index contributed by atoms with van der Waals surface area (Å²) in [6, 6.07) is 14.7. The smallest absolute Gasteiger partial charge is 0.213 e. The average Bonchev–Trinajstić information content (AvgIpc) is 3.14. The minimum atomic E-state index is 0. The summed E-state index contributed by atoms with van der Waals surface area (Å²) >= 11 is 0. The maximum atomic E-state index is 5.46. The molecule has 0 radical (unpaired) electrons. The molecule has 1 unspecified atom stereocenters. The number of likely N-dealkylation sites (tertiary alicyclic amines) is 1. The molecule has 0 aliphatic carbocycles.